The molecule has 0 aromatic heterocycles. The van der Waals surface area contributed by atoms with E-state index in [1.54, 1.807) is 0 Å². The number of hydrogen-bond acceptors (Lipinski definition) is 3. The molecule has 100 valence electrons. The zero-order valence-electron chi connectivity index (χ0n) is 11.6. The van der Waals surface area contributed by atoms with Crippen molar-refractivity contribution in [2.45, 2.75) is 58.4 Å². The van der Waals surface area contributed by atoms with E-state index in [2.05, 4.69) is 18.7 Å². The van der Waals surface area contributed by atoms with Crippen LogP contribution in [-0.4, -0.2) is 37.1 Å². The van der Waals surface area contributed by atoms with Gasteiger partial charge < -0.3 is 9.64 Å². The van der Waals surface area contributed by atoms with Gasteiger partial charge in [-0.2, -0.15) is 0 Å². The first kappa shape index (κ1) is 14.5. The van der Waals surface area contributed by atoms with E-state index in [-0.39, 0.29) is 11.9 Å². The summed E-state index contributed by atoms with van der Waals surface area (Å²) in [6, 6.07) is 0.691. The van der Waals surface area contributed by atoms with E-state index in [9.17, 15) is 4.79 Å². The topological polar surface area (TPSA) is 29.5 Å². The van der Waals surface area contributed by atoms with Gasteiger partial charge in [0.15, 0.2) is 0 Å². The smallest absolute Gasteiger partial charge is 0.308 e. The molecule has 1 aliphatic carbocycles. The van der Waals surface area contributed by atoms with Crippen molar-refractivity contribution in [2.24, 2.45) is 5.92 Å². The van der Waals surface area contributed by atoms with Crippen LogP contribution >= 0.6 is 0 Å². The van der Waals surface area contributed by atoms with Gasteiger partial charge in [-0.25, -0.2) is 0 Å². The number of ether oxygens (including phenoxy) is 1. The third-order valence-electron chi connectivity index (χ3n) is 3.77. The summed E-state index contributed by atoms with van der Waals surface area (Å²) in [5, 5.41) is 0. The lowest BCUT2D eigenvalue weighted by Crippen LogP contribution is -2.40. The number of carbonyl (C=O) groups excluding carboxylic acids is 1. The molecule has 0 spiro atoms. The Kier molecular flexibility index (Phi) is 6.56. The van der Waals surface area contributed by atoms with Gasteiger partial charge in [-0.15, -0.1) is 0 Å². The number of rotatable bonds is 6. The molecule has 1 saturated carbocycles. The second-order valence-corrected chi connectivity index (χ2v) is 5.06. The van der Waals surface area contributed by atoms with Crippen molar-refractivity contribution in [3.63, 3.8) is 0 Å². The maximum atomic E-state index is 11.5. The summed E-state index contributed by atoms with van der Waals surface area (Å²) in [5.41, 5.74) is 0. The second-order valence-electron chi connectivity index (χ2n) is 5.06. The summed E-state index contributed by atoms with van der Waals surface area (Å²) < 4.78 is 4.83. The monoisotopic (exact) mass is 241 g/mol. The fourth-order valence-electron chi connectivity index (χ4n) is 2.89. The predicted molar refractivity (Wildman–Crippen MR) is 69.9 cm³/mol. The molecular formula is C14H27NO2. The molecule has 0 amide bonds. The van der Waals surface area contributed by atoms with Crippen LogP contribution in [0.4, 0.5) is 0 Å². The highest BCUT2D eigenvalue weighted by Gasteiger charge is 2.29. The van der Waals surface area contributed by atoms with Gasteiger partial charge in [0.05, 0.1) is 13.0 Å². The third kappa shape index (κ3) is 4.30. The average molecular weight is 241 g/mol. The van der Waals surface area contributed by atoms with Crippen LogP contribution in [-0.2, 0) is 9.53 Å². The Hall–Kier alpha value is -0.570. The van der Waals surface area contributed by atoms with Crippen LogP contribution in [0.3, 0.4) is 0 Å². The molecule has 3 heteroatoms. The van der Waals surface area contributed by atoms with E-state index in [0.717, 1.165) is 25.7 Å². The van der Waals surface area contributed by atoms with Crippen molar-refractivity contribution >= 4 is 5.97 Å². The van der Waals surface area contributed by atoms with Gasteiger partial charge in [0.1, 0.15) is 0 Å². The van der Waals surface area contributed by atoms with E-state index in [4.69, 9.17) is 4.74 Å². The lowest BCUT2D eigenvalue weighted by molar-refractivity contribution is -0.146. The maximum Gasteiger partial charge on any atom is 0.308 e. The Morgan fingerprint density at radius 2 is 1.65 bits per heavy atom. The van der Waals surface area contributed by atoms with E-state index < -0.39 is 0 Å². The predicted octanol–water partition coefficient (Wildman–Crippen LogP) is 2.84. The molecule has 17 heavy (non-hydrogen) atoms. The zero-order valence-corrected chi connectivity index (χ0v) is 11.6. The third-order valence-corrected chi connectivity index (χ3v) is 3.77. The second kappa shape index (κ2) is 7.70. The van der Waals surface area contributed by atoms with Gasteiger partial charge in [0.25, 0.3) is 0 Å². The fraction of sp³-hybridized carbons (Fsp3) is 0.929. The fourth-order valence-corrected chi connectivity index (χ4v) is 2.89. The number of methoxy groups -OCH3 is 1. The van der Waals surface area contributed by atoms with Crippen LogP contribution in [0.15, 0.2) is 0 Å². The molecular weight excluding hydrogens is 214 g/mol. The summed E-state index contributed by atoms with van der Waals surface area (Å²) in [5.74, 6) is 0.141. The molecule has 1 rings (SSSR count). The quantitative estimate of drug-likeness (QED) is 0.670. The first-order chi connectivity index (χ1) is 8.22. The summed E-state index contributed by atoms with van der Waals surface area (Å²) in [6.07, 6.45) is 6.75. The lowest BCUT2D eigenvalue weighted by atomic mass is 9.85. The van der Waals surface area contributed by atoms with Crippen LogP contribution in [0.1, 0.15) is 52.4 Å². The Bertz CT molecular complexity index is 216. The molecule has 0 N–H and O–H groups in total. The van der Waals surface area contributed by atoms with Gasteiger partial charge >= 0.3 is 5.97 Å². The summed E-state index contributed by atoms with van der Waals surface area (Å²) >= 11 is 0. The molecule has 0 aromatic carbocycles. The van der Waals surface area contributed by atoms with Gasteiger partial charge in [0.2, 0.25) is 0 Å². The molecule has 0 heterocycles. The van der Waals surface area contributed by atoms with Crippen molar-refractivity contribution in [3.8, 4) is 0 Å². The first-order valence-electron chi connectivity index (χ1n) is 7.04. The SMILES string of the molecule is CCCN(CCC)[C@H]1CC[C@H](C(=O)OC)CC1. The highest BCUT2D eigenvalue weighted by Crippen LogP contribution is 2.28. The van der Waals surface area contributed by atoms with Crippen LogP contribution in [0.2, 0.25) is 0 Å². The Labute approximate surface area is 106 Å². The number of esters is 1. The van der Waals surface area contributed by atoms with Crippen molar-refractivity contribution in [3.05, 3.63) is 0 Å². The molecule has 0 aromatic rings. The molecule has 0 radical (unpaired) electrons. The van der Waals surface area contributed by atoms with Crippen molar-refractivity contribution in [2.75, 3.05) is 20.2 Å². The van der Waals surface area contributed by atoms with Gasteiger partial charge in [-0.05, 0) is 51.6 Å². The van der Waals surface area contributed by atoms with E-state index in [1.807, 2.05) is 0 Å². The number of hydrogen-bond donors (Lipinski definition) is 0. The van der Waals surface area contributed by atoms with Crippen LogP contribution < -0.4 is 0 Å². The highest BCUT2D eigenvalue weighted by molar-refractivity contribution is 5.72. The van der Waals surface area contributed by atoms with E-state index >= 15 is 0 Å². The summed E-state index contributed by atoms with van der Waals surface area (Å²) in [7, 11) is 1.49. The highest BCUT2D eigenvalue weighted by atomic mass is 16.5. The van der Waals surface area contributed by atoms with Crippen molar-refractivity contribution in [1.82, 2.24) is 4.90 Å². The lowest BCUT2D eigenvalue weighted by Gasteiger charge is -2.36. The van der Waals surface area contributed by atoms with Gasteiger partial charge in [-0.1, -0.05) is 13.8 Å². The Balaban J connectivity index is 2.40. The minimum Gasteiger partial charge on any atom is -0.469 e. The summed E-state index contributed by atoms with van der Waals surface area (Å²) in [4.78, 5) is 14.1. The van der Waals surface area contributed by atoms with E-state index in [0.29, 0.717) is 6.04 Å². The maximum absolute atomic E-state index is 11.5. The van der Waals surface area contributed by atoms with Crippen molar-refractivity contribution in [1.29, 1.82) is 0 Å². The van der Waals surface area contributed by atoms with Gasteiger partial charge in [0, 0.05) is 6.04 Å². The molecule has 1 aliphatic rings. The first-order valence-corrected chi connectivity index (χ1v) is 7.04. The molecule has 0 unspecified atom stereocenters. The molecule has 1 fully saturated rings. The Morgan fingerprint density at radius 1 is 1.12 bits per heavy atom. The molecule has 3 nitrogen and oxygen atoms in total. The largest absolute Gasteiger partial charge is 0.469 e. The molecule has 0 saturated heterocycles. The molecule has 0 bridgehead atoms. The normalized spacial score (nSPS) is 24.9. The standard InChI is InChI=1S/C14H27NO2/c1-4-10-15(11-5-2)13-8-6-12(7-9-13)14(16)17-3/h12-13H,4-11H2,1-3H3/t12-,13-. The number of carbonyl (C=O) groups is 1. The van der Waals surface area contributed by atoms with Crippen molar-refractivity contribution < 1.29 is 9.53 Å². The van der Waals surface area contributed by atoms with Gasteiger partial charge in [-0.3, -0.25) is 4.79 Å². The van der Waals surface area contributed by atoms with Crippen LogP contribution in [0.25, 0.3) is 0 Å². The van der Waals surface area contributed by atoms with E-state index in [1.165, 1.54) is 33.0 Å². The summed E-state index contributed by atoms with van der Waals surface area (Å²) in [6.45, 7) is 6.87. The minimum absolute atomic E-state index is 0.0130. The van der Waals surface area contributed by atoms with Crippen LogP contribution in [0, 0.1) is 5.92 Å². The van der Waals surface area contributed by atoms with Crippen LogP contribution in [0.5, 0.6) is 0 Å². The Morgan fingerprint density at radius 3 is 2.06 bits per heavy atom. The average Bonchev–Trinajstić information content (AvgIpc) is 2.38. The molecule has 0 atom stereocenters. The zero-order chi connectivity index (χ0) is 12.7. The number of nitrogens with zero attached hydrogens (tertiary/aromatic N) is 1. The molecule has 0 aliphatic heterocycles. The minimum atomic E-state index is -0.0130.